The highest BCUT2D eigenvalue weighted by atomic mass is 16.5. The first kappa shape index (κ1) is 11.3. The third kappa shape index (κ3) is 3.51. The standard InChI is InChI=1S/C13H20O/c1-3-8-13(14-11-4-2)12-9-6-5-7-10-12/h5-7,9-10,13H,3-4,8,11H2,1-2H3. The minimum atomic E-state index is 0.293. The minimum absolute atomic E-state index is 0.293. The summed E-state index contributed by atoms with van der Waals surface area (Å²) in [7, 11) is 0. The van der Waals surface area contributed by atoms with Gasteiger partial charge in [-0.3, -0.25) is 0 Å². The molecule has 0 spiro atoms. The quantitative estimate of drug-likeness (QED) is 0.663. The van der Waals surface area contributed by atoms with Crippen molar-refractivity contribution in [2.75, 3.05) is 6.61 Å². The lowest BCUT2D eigenvalue weighted by Gasteiger charge is -2.17. The molecule has 0 aliphatic carbocycles. The summed E-state index contributed by atoms with van der Waals surface area (Å²) in [5, 5.41) is 0. The Morgan fingerprint density at radius 2 is 1.79 bits per heavy atom. The Kier molecular flexibility index (Phi) is 5.31. The highest BCUT2D eigenvalue weighted by Gasteiger charge is 2.09. The molecular weight excluding hydrogens is 172 g/mol. The molecule has 0 heterocycles. The molecule has 1 atom stereocenters. The van der Waals surface area contributed by atoms with Gasteiger partial charge in [0.05, 0.1) is 6.10 Å². The van der Waals surface area contributed by atoms with Crippen molar-refractivity contribution in [3.63, 3.8) is 0 Å². The van der Waals surface area contributed by atoms with E-state index in [0.29, 0.717) is 6.10 Å². The van der Waals surface area contributed by atoms with Crippen LogP contribution in [0.1, 0.15) is 44.8 Å². The monoisotopic (exact) mass is 192 g/mol. The van der Waals surface area contributed by atoms with E-state index < -0.39 is 0 Å². The average molecular weight is 192 g/mol. The van der Waals surface area contributed by atoms with Gasteiger partial charge in [0, 0.05) is 6.61 Å². The topological polar surface area (TPSA) is 9.23 Å². The van der Waals surface area contributed by atoms with Crippen LogP contribution >= 0.6 is 0 Å². The minimum Gasteiger partial charge on any atom is -0.374 e. The lowest BCUT2D eigenvalue weighted by Crippen LogP contribution is -2.04. The summed E-state index contributed by atoms with van der Waals surface area (Å²) in [4.78, 5) is 0. The van der Waals surface area contributed by atoms with Crippen molar-refractivity contribution >= 4 is 0 Å². The second-order valence-electron chi connectivity index (χ2n) is 3.56. The van der Waals surface area contributed by atoms with Crippen LogP contribution in [0.15, 0.2) is 30.3 Å². The van der Waals surface area contributed by atoms with Crippen LogP contribution in [0.2, 0.25) is 0 Å². The SMILES string of the molecule is CCCOC(CCC)c1ccccc1. The Morgan fingerprint density at radius 1 is 1.07 bits per heavy atom. The van der Waals surface area contributed by atoms with Crippen molar-refractivity contribution in [2.45, 2.75) is 39.2 Å². The van der Waals surface area contributed by atoms with Crippen LogP contribution < -0.4 is 0 Å². The number of benzene rings is 1. The lowest BCUT2D eigenvalue weighted by atomic mass is 10.1. The summed E-state index contributed by atoms with van der Waals surface area (Å²) in [6.45, 7) is 5.21. The van der Waals surface area contributed by atoms with Gasteiger partial charge in [0.2, 0.25) is 0 Å². The van der Waals surface area contributed by atoms with E-state index in [1.165, 1.54) is 12.0 Å². The van der Waals surface area contributed by atoms with Crippen LogP contribution in [-0.4, -0.2) is 6.61 Å². The fraction of sp³-hybridized carbons (Fsp3) is 0.538. The van der Waals surface area contributed by atoms with Gasteiger partial charge in [-0.05, 0) is 18.4 Å². The summed E-state index contributed by atoms with van der Waals surface area (Å²) in [6.07, 6.45) is 3.67. The van der Waals surface area contributed by atoms with Crippen LogP contribution in [0.25, 0.3) is 0 Å². The van der Waals surface area contributed by atoms with E-state index in [2.05, 4.69) is 38.1 Å². The molecule has 0 fully saturated rings. The van der Waals surface area contributed by atoms with Gasteiger partial charge in [0.15, 0.2) is 0 Å². The number of rotatable bonds is 6. The van der Waals surface area contributed by atoms with Gasteiger partial charge in [-0.25, -0.2) is 0 Å². The number of hydrogen-bond donors (Lipinski definition) is 0. The van der Waals surface area contributed by atoms with Crippen molar-refractivity contribution in [3.8, 4) is 0 Å². The van der Waals surface area contributed by atoms with E-state index in [-0.39, 0.29) is 0 Å². The Morgan fingerprint density at radius 3 is 2.36 bits per heavy atom. The molecule has 0 N–H and O–H groups in total. The second-order valence-corrected chi connectivity index (χ2v) is 3.56. The Balaban J connectivity index is 2.58. The number of ether oxygens (including phenoxy) is 1. The molecule has 14 heavy (non-hydrogen) atoms. The van der Waals surface area contributed by atoms with Crippen LogP contribution in [0, 0.1) is 0 Å². The molecule has 1 rings (SSSR count). The predicted octanol–water partition coefficient (Wildman–Crippen LogP) is 3.95. The summed E-state index contributed by atoms with van der Waals surface area (Å²) in [5.41, 5.74) is 1.31. The summed E-state index contributed by atoms with van der Waals surface area (Å²) >= 11 is 0. The second kappa shape index (κ2) is 6.61. The molecule has 0 bridgehead atoms. The Labute approximate surface area is 87.1 Å². The first-order chi connectivity index (χ1) is 6.88. The molecule has 1 unspecified atom stereocenters. The van der Waals surface area contributed by atoms with Crippen molar-refractivity contribution < 1.29 is 4.74 Å². The van der Waals surface area contributed by atoms with Gasteiger partial charge in [-0.15, -0.1) is 0 Å². The zero-order chi connectivity index (χ0) is 10.2. The highest BCUT2D eigenvalue weighted by molar-refractivity contribution is 5.17. The van der Waals surface area contributed by atoms with Gasteiger partial charge >= 0.3 is 0 Å². The van der Waals surface area contributed by atoms with E-state index >= 15 is 0 Å². The molecule has 0 saturated heterocycles. The third-order valence-electron chi connectivity index (χ3n) is 2.25. The van der Waals surface area contributed by atoms with E-state index in [9.17, 15) is 0 Å². The largest absolute Gasteiger partial charge is 0.374 e. The molecule has 0 aromatic heterocycles. The van der Waals surface area contributed by atoms with Crippen molar-refractivity contribution in [1.29, 1.82) is 0 Å². The van der Waals surface area contributed by atoms with Crippen LogP contribution in [0.3, 0.4) is 0 Å². The molecule has 1 heteroatoms. The predicted molar refractivity (Wildman–Crippen MR) is 60.3 cm³/mol. The smallest absolute Gasteiger partial charge is 0.0824 e. The normalized spacial score (nSPS) is 12.7. The van der Waals surface area contributed by atoms with Crippen LogP contribution in [0.5, 0.6) is 0 Å². The summed E-state index contributed by atoms with van der Waals surface area (Å²) in [5.74, 6) is 0. The van der Waals surface area contributed by atoms with E-state index in [1.807, 2.05) is 6.07 Å². The summed E-state index contributed by atoms with van der Waals surface area (Å²) < 4.78 is 5.82. The maximum atomic E-state index is 5.82. The van der Waals surface area contributed by atoms with Crippen LogP contribution in [0.4, 0.5) is 0 Å². The Hall–Kier alpha value is -0.820. The van der Waals surface area contributed by atoms with Crippen molar-refractivity contribution in [2.24, 2.45) is 0 Å². The van der Waals surface area contributed by atoms with Gasteiger partial charge < -0.3 is 4.74 Å². The maximum Gasteiger partial charge on any atom is 0.0824 e. The highest BCUT2D eigenvalue weighted by Crippen LogP contribution is 2.22. The third-order valence-corrected chi connectivity index (χ3v) is 2.25. The lowest BCUT2D eigenvalue weighted by molar-refractivity contribution is 0.0465. The fourth-order valence-corrected chi connectivity index (χ4v) is 1.54. The molecule has 1 nitrogen and oxygen atoms in total. The van der Waals surface area contributed by atoms with E-state index in [1.54, 1.807) is 0 Å². The fourth-order valence-electron chi connectivity index (χ4n) is 1.54. The maximum absolute atomic E-state index is 5.82. The zero-order valence-electron chi connectivity index (χ0n) is 9.20. The van der Waals surface area contributed by atoms with Crippen molar-refractivity contribution in [1.82, 2.24) is 0 Å². The first-order valence-electron chi connectivity index (χ1n) is 5.55. The van der Waals surface area contributed by atoms with Gasteiger partial charge in [0.1, 0.15) is 0 Å². The molecule has 0 radical (unpaired) electrons. The van der Waals surface area contributed by atoms with Gasteiger partial charge in [-0.2, -0.15) is 0 Å². The average Bonchev–Trinajstić information content (AvgIpc) is 2.25. The summed E-state index contributed by atoms with van der Waals surface area (Å²) in [6, 6.07) is 10.5. The van der Waals surface area contributed by atoms with E-state index in [0.717, 1.165) is 19.4 Å². The Bertz CT molecular complexity index is 230. The van der Waals surface area contributed by atoms with E-state index in [4.69, 9.17) is 4.74 Å². The van der Waals surface area contributed by atoms with Crippen LogP contribution in [-0.2, 0) is 4.74 Å². The molecular formula is C13H20O. The zero-order valence-corrected chi connectivity index (χ0v) is 9.20. The van der Waals surface area contributed by atoms with Crippen molar-refractivity contribution in [3.05, 3.63) is 35.9 Å². The number of hydrogen-bond acceptors (Lipinski definition) is 1. The molecule has 1 aromatic carbocycles. The molecule has 78 valence electrons. The van der Waals surface area contributed by atoms with Gasteiger partial charge in [0.25, 0.3) is 0 Å². The molecule has 0 aliphatic rings. The first-order valence-corrected chi connectivity index (χ1v) is 5.55. The molecule has 0 amide bonds. The van der Waals surface area contributed by atoms with Gasteiger partial charge in [-0.1, -0.05) is 50.6 Å². The molecule has 0 aliphatic heterocycles. The molecule has 0 saturated carbocycles. The molecule has 1 aromatic rings.